The van der Waals surface area contributed by atoms with Crippen molar-refractivity contribution >= 4 is 40.3 Å². The molecule has 7 nitrogen and oxygen atoms in total. The molecule has 1 N–H and O–H groups in total. The Morgan fingerprint density at radius 2 is 2.00 bits per heavy atom. The minimum absolute atomic E-state index is 0.0410. The Hall–Kier alpha value is -3.39. The molecule has 1 amide bonds. The van der Waals surface area contributed by atoms with Gasteiger partial charge in [-0.25, -0.2) is 4.99 Å². The lowest BCUT2D eigenvalue weighted by Crippen LogP contribution is -2.29. The van der Waals surface area contributed by atoms with Gasteiger partial charge in [-0.1, -0.05) is 18.2 Å². The molecule has 1 fully saturated rings. The Bertz CT molecular complexity index is 967. The average molecular weight is 381 g/mol. The lowest BCUT2D eigenvalue weighted by Gasteiger charge is -2.12. The zero-order chi connectivity index (χ0) is 19.4. The Labute approximate surface area is 159 Å². The molecule has 0 radical (unpaired) electrons. The van der Waals surface area contributed by atoms with Gasteiger partial charge in [0, 0.05) is 18.7 Å². The molecule has 0 bridgehead atoms. The largest absolute Gasteiger partial charge is 0.508 e. The molecule has 0 atom stereocenters. The minimum atomic E-state index is -0.479. The molecule has 0 aromatic heterocycles. The summed E-state index contributed by atoms with van der Waals surface area (Å²) in [6, 6.07) is 12.4. The van der Waals surface area contributed by atoms with Gasteiger partial charge in [0.15, 0.2) is 5.17 Å². The Balaban J connectivity index is 1.95. The molecule has 2 aromatic rings. The fourth-order valence-electron chi connectivity index (χ4n) is 2.40. The second-order valence-corrected chi connectivity index (χ2v) is 6.59. The summed E-state index contributed by atoms with van der Waals surface area (Å²) in [5, 5.41) is 20.8. The van der Waals surface area contributed by atoms with E-state index >= 15 is 0 Å². The van der Waals surface area contributed by atoms with Crippen LogP contribution in [0.2, 0.25) is 0 Å². The molecular weight excluding hydrogens is 366 g/mol. The van der Waals surface area contributed by atoms with Crippen molar-refractivity contribution in [2.24, 2.45) is 4.99 Å². The minimum Gasteiger partial charge on any atom is -0.508 e. The van der Waals surface area contributed by atoms with Crippen molar-refractivity contribution in [3.05, 3.63) is 81.8 Å². The number of amides is 1. The van der Waals surface area contributed by atoms with Crippen LogP contribution >= 0.6 is 11.8 Å². The van der Waals surface area contributed by atoms with Crippen molar-refractivity contribution in [3.8, 4) is 5.75 Å². The Kier molecular flexibility index (Phi) is 5.37. The smallest absolute Gasteiger partial charge is 0.270 e. The molecule has 0 saturated carbocycles. The highest BCUT2D eigenvalue weighted by Gasteiger charge is 2.32. The summed E-state index contributed by atoms with van der Waals surface area (Å²) in [5.41, 5.74) is 1.11. The third-order valence-electron chi connectivity index (χ3n) is 3.65. The van der Waals surface area contributed by atoms with Gasteiger partial charge >= 0.3 is 0 Å². The van der Waals surface area contributed by atoms with Crippen molar-refractivity contribution in [2.75, 3.05) is 6.54 Å². The molecule has 0 aliphatic carbocycles. The van der Waals surface area contributed by atoms with E-state index in [9.17, 15) is 20.0 Å². The molecule has 1 aliphatic rings. The van der Waals surface area contributed by atoms with E-state index in [2.05, 4.69) is 11.6 Å². The van der Waals surface area contributed by atoms with E-state index in [1.165, 1.54) is 40.9 Å². The molecule has 2 aromatic carbocycles. The number of aliphatic imine (C=N–C) groups is 1. The zero-order valence-corrected chi connectivity index (χ0v) is 14.9. The molecule has 0 unspecified atom stereocenters. The summed E-state index contributed by atoms with van der Waals surface area (Å²) in [6.07, 6.45) is 3.20. The highest BCUT2D eigenvalue weighted by atomic mass is 32.2. The maximum Gasteiger partial charge on any atom is 0.270 e. The summed E-state index contributed by atoms with van der Waals surface area (Å²) in [7, 11) is 0. The number of thioether (sulfide) groups is 1. The highest BCUT2D eigenvalue weighted by molar-refractivity contribution is 8.18. The first-order valence-electron chi connectivity index (χ1n) is 7.92. The fraction of sp³-hybridized carbons (Fsp3) is 0.0526. The van der Waals surface area contributed by atoms with Crippen LogP contribution in [0.5, 0.6) is 5.75 Å². The van der Waals surface area contributed by atoms with Crippen LogP contribution in [-0.2, 0) is 4.79 Å². The summed E-state index contributed by atoms with van der Waals surface area (Å²) in [6.45, 7) is 3.95. The molecule has 136 valence electrons. The van der Waals surface area contributed by atoms with Gasteiger partial charge in [0.1, 0.15) is 5.75 Å². The highest BCUT2D eigenvalue weighted by Crippen LogP contribution is 2.34. The Morgan fingerprint density at radius 1 is 1.26 bits per heavy atom. The number of phenolic OH excluding ortho intramolecular Hbond substituents is 1. The second kappa shape index (κ2) is 7.88. The number of phenols is 1. The van der Waals surface area contributed by atoms with Crippen LogP contribution in [-0.4, -0.2) is 32.5 Å². The zero-order valence-electron chi connectivity index (χ0n) is 14.1. The van der Waals surface area contributed by atoms with E-state index in [0.717, 1.165) is 0 Å². The van der Waals surface area contributed by atoms with Crippen LogP contribution in [0.15, 0.2) is 71.1 Å². The molecule has 1 saturated heterocycles. The van der Waals surface area contributed by atoms with E-state index in [1.54, 1.807) is 36.4 Å². The number of hydrogen-bond acceptors (Lipinski definition) is 6. The van der Waals surface area contributed by atoms with E-state index in [1.807, 2.05) is 0 Å². The van der Waals surface area contributed by atoms with Gasteiger partial charge in [-0.2, -0.15) is 0 Å². The van der Waals surface area contributed by atoms with Crippen molar-refractivity contribution < 1.29 is 14.8 Å². The van der Waals surface area contributed by atoms with Crippen LogP contribution in [0.1, 0.15) is 5.56 Å². The van der Waals surface area contributed by atoms with Crippen LogP contribution in [0.4, 0.5) is 11.4 Å². The number of hydrogen-bond donors (Lipinski definition) is 1. The number of amidine groups is 1. The first kappa shape index (κ1) is 18.4. The summed E-state index contributed by atoms with van der Waals surface area (Å²) < 4.78 is 0. The van der Waals surface area contributed by atoms with Gasteiger partial charge in [-0.05, 0) is 47.7 Å². The third kappa shape index (κ3) is 4.24. The van der Waals surface area contributed by atoms with Crippen molar-refractivity contribution in [1.29, 1.82) is 0 Å². The van der Waals surface area contributed by atoms with Gasteiger partial charge in [0.05, 0.1) is 15.5 Å². The van der Waals surface area contributed by atoms with E-state index in [0.29, 0.717) is 21.3 Å². The number of carbonyl (C=O) groups is 1. The third-order valence-corrected chi connectivity index (χ3v) is 4.66. The van der Waals surface area contributed by atoms with Crippen molar-refractivity contribution in [2.45, 2.75) is 0 Å². The predicted molar refractivity (Wildman–Crippen MR) is 106 cm³/mol. The molecule has 0 spiro atoms. The number of benzene rings is 2. The van der Waals surface area contributed by atoms with Crippen LogP contribution in [0.25, 0.3) is 6.08 Å². The van der Waals surface area contributed by atoms with E-state index in [4.69, 9.17) is 0 Å². The molecule has 1 heterocycles. The predicted octanol–water partition coefficient (Wildman–Crippen LogP) is 4.09. The number of nitro benzene ring substituents is 1. The first-order chi connectivity index (χ1) is 13.0. The molecule has 1 aliphatic heterocycles. The monoisotopic (exact) mass is 381 g/mol. The van der Waals surface area contributed by atoms with Crippen LogP contribution in [0.3, 0.4) is 0 Å². The normalized spacial score (nSPS) is 16.9. The number of aromatic hydroxyl groups is 1. The van der Waals surface area contributed by atoms with Crippen LogP contribution in [0, 0.1) is 10.1 Å². The number of rotatable bonds is 5. The molecule has 27 heavy (non-hydrogen) atoms. The number of nitrogens with zero attached hydrogens (tertiary/aromatic N) is 3. The maximum absolute atomic E-state index is 12.7. The lowest BCUT2D eigenvalue weighted by molar-refractivity contribution is -0.384. The van der Waals surface area contributed by atoms with Crippen molar-refractivity contribution in [1.82, 2.24) is 4.90 Å². The summed E-state index contributed by atoms with van der Waals surface area (Å²) >= 11 is 1.18. The number of carbonyl (C=O) groups excluding carboxylic acids is 1. The lowest BCUT2D eigenvalue weighted by atomic mass is 10.2. The first-order valence-corrected chi connectivity index (χ1v) is 8.74. The molecule has 8 heteroatoms. The topological polar surface area (TPSA) is 96.0 Å². The Morgan fingerprint density at radius 3 is 2.67 bits per heavy atom. The van der Waals surface area contributed by atoms with Crippen molar-refractivity contribution in [3.63, 3.8) is 0 Å². The number of nitro groups is 1. The molecular formula is C19H15N3O4S. The maximum atomic E-state index is 12.7. The fourth-order valence-corrected chi connectivity index (χ4v) is 3.41. The van der Waals surface area contributed by atoms with Gasteiger partial charge in [0.25, 0.3) is 11.6 Å². The molecule has 3 rings (SSSR count). The quantitative estimate of drug-likeness (QED) is 0.364. The number of non-ortho nitro benzene ring substituents is 1. The summed E-state index contributed by atoms with van der Waals surface area (Å²) in [4.78, 5) is 29.5. The SMILES string of the molecule is C=CCN1C(=O)/C(=C/c2cccc([N+](=O)[O-])c2)SC1=Nc1ccc(O)cc1. The summed E-state index contributed by atoms with van der Waals surface area (Å²) in [5.74, 6) is -0.118. The van der Waals surface area contributed by atoms with Gasteiger partial charge < -0.3 is 5.11 Å². The van der Waals surface area contributed by atoms with E-state index in [-0.39, 0.29) is 23.9 Å². The van der Waals surface area contributed by atoms with Crippen LogP contribution < -0.4 is 0 Å². The van der Waals surface area contributed by atoms with E-state index < -0.39 is 4.92 Å². The average Bonchev–Trinajstić information content (AvgIpc) is 2.93. The van der Waals surface area contributed by atoms with Gasteiger partial charge in [-0.3, -0.25) is 19.8 Å². The van der Waals surface area contributed by atoms with Gasteiger partial charge in [-0.15, -0.1) is 6.58 Å². The second-order valence-electron chi connectivity index (χ2n) is 5.58. The standard InChI is InChI=1S/C19H15N3O4S/c1-2-10-21-18(24)17(12-13-4-3-5-15(11-13)22(25)26)27-19(21)20-14-6-8-16(23)9-7-14/h2-9,11-12,23H,1,10H2/b17-12-,20-19?. The van der Waals surface area contributed by atoms with Gasteiger partial charge in [0.2, 0.25) is 0 Å².